The maximum Gasteiger partial charge on any atom is 0.226 e. The normalized spacial score (nSPS) is 21.2. The van der Waals surface area contributed by atoms with Gasteiger partial charge >= 0.3 is 0 Å². The number of halogens is 1. The summed E-state index contributed by atoms with van der Waals surface area (Å²) in [7, 11) is 0. The summed E-state index contributed by atoms with van der Waals surface area (Å²) in [5.41, 5.74) is 3.31. The summed E-state index contributed by atoms with van der Waals surface area (Å²) in [6, 6.07) is 15.3. The second-order valence-electron chi connectivity index (χ2n) is 7.94. The second-order valence-corrected chi connectivity index (χ2v) is 8.95. The van der Waals surface area contributed by atoms with E-state index in [-0.39, 0.29) is 11.7 Å². The molecule has 1 saturated heterocycles. The first-order chi connectivity index (χ1) is 14.0. The highest BCUT2D eigenvalue weighted by molar-refractivity contribution is 7.99. The number of aryl methyl sites for hydroxylation is 1. The smallest absolute Gasteiger partial charge is 0.226 e. The first-order valence-electron chi connectivity index (χ1n) is 10.2. The van der Waals surface area contributed by atoms with E-state index in [0.29, 0.717) is 11.8 Å². The van der Waals surface area contributed by atoms with Gasteiger partial charge in [0.1, 0.15) is 5.82 Å². The lowest BCUT2D eigenvalue weighted by Crippen LogP contribution is -2.48. The van der Waals surface area contributed by atoms with Crippen LogP contribution in [-0.2, 0) is 4.79 Å². The molecule has 5 heteroatoms. The molecule has 152 valence electrons. The van der Waals surface area contributed by atoms with Crippen LogP contribution in [0.15, 0.2) is 65.7 Å². The number of amides is 1. The number of benzene rings is 2. The fourth-order valence-electron chi connectivity index (χ4n) is 4.04. The standard InChI is InChI=1S/C24H27FN2OS/c1-17-14-20(25)8-9-23(17)29-16-18(2)26-10-12-27(13-11-26)24(28)22-15-21(22)19-6-4-3-5-7-19/h3-9,14,21-22H,2,10-13,15-16H2,1H3/t21-,22+/m0/s1. The molecule has 2 aromatic rings. The molecule has 0 N–H and O–H groups in total. The lowest BCUT2D eigenvalue weighted by atomic mass is 10.1. The van der Waals surface area contributed by atoms with E-state index in [1.165, 1.54) is 11.6 Å². The van der Waals surface area contributed by atoms with Gasteiger partial charge in [-0.1, -0.05) is 36.9 Å². The summed E-state index contributed by atoms with van der Waals surface area (Å²) in [5, 5.41) is 0. The van der Waals surface area contributed by atoms with E-state index in [9.17, 15) is 9.18 Å². The largest absolute Gasteiger partial charge is 0.371 e. The summed E-state index contributed by atoms with van der Waals surface area (Å²) in [5.74, 6) is 1.44. The van der Waals surface area contributed by atoms with Crippen molar-refractivity contribution in [3.63, 3.8) is 0 Å². The van der Waals surface area contributed by atoms with E-state index in [0.717, 1.165) is 54.5 Å². The number of piperazine rings is 1. The van der Waals surface area contributed by atoms with Crippen LogP contribution in [0.3, 0.4) is 0 Å². The van der Waals surface area contributed by atoms with E-state index in [1.54, 1.807) is 17.8 Å². The fraction of sp³-hybridized carbons (Fsp3) is 0.375. The van der Waals surface area contributed by atoms with E-state index < -0.39 is 0 Å². The van der Waals surface area contributed by atoms with Crippen LogP contribution in [0.1, 0.15) is 23.5 Å². The van der Waals surface area contributed by atoms with E-state index in [2.05, 4.69) is 23.6 Å². The Bertz CT molecular complexity index is 893. The Morgan fingerprint density at radius 2 is 1.79 bits per heavy atom. The highest BCUT2D eigenvalue weighted by Crippen LogP contribution is 2.48. The van der Waals surface area contributed by atoms with E-state index >= 15 is 0 Å². The van der Waals surface area contributed by atoms with Crippen molar-refractivity contribution in [1.29, 1.82) is 0 Å². The van der Waals surface area contributed by atoms with Crippen molar-refractivity contribution in [2.45, 2.75) is 24.2 Å². The van der Waals surface area contributed by atoms with Crippen LogP contribution < -0.4 is 0 Å². The highest BCUT2D eigenvalue weighted by atomic mass is 32.2. The summed E-state index contributed by atoms with van der Waals surface area (Å²) >= 11 is 1.69. The Balaban J connectivity index is 1.24. The maximum absolute atomic E-state index is 13.3. The molecule has 2 aliphatic rings. The van der Waals surface area contributed by atoms with Crippen molar-refractivity contribution in [3.8, 4) is 0 Å². The summed E-state index contributed by atoms with van der Waals surface area (Å²) < 4.78 is 13.3. The van der Waals surface area contributed by atoms with Crippen LogP contribution in [0.5, 0.6) is 0 Å². The topological polar surface area (TPSA) is 23.6 Å². The predicted molar refractivity (Wildman–Crippen MR) is 116 cm³/mol. The van der Waals surface area contributed by atoms with Crippen molar-refractivity contribution in [2.24, 2.45) is 5.92 Å². The van der Waals surface area contributed by atoms with Gasteiger partial charge in [0.15, 0.2) is 0 Å². The van der Waals surface area contributed by atoms with Gasteiger partial charge in [0, 0.05) is 48.4 Å². The van der Waals surface area contributed by atoms with Gasteiger partial charge in [0.25, 0.3) is 0 Å². The fourth-order valence-corrected chi connectivity index (χ4v) is 5.00. The molecule has 4 rings (SSSR count). The molecule has 1 aliphatic heterocycles. The molecule has 0 spiro atoms. The molecule has 2 atom stereocenters. The molecule has 1 amide bonds. The number of thioether (sulfide) groups is 1. The molecule has 1 heterocycles. The molecule has 2 aromatic carbocycles. The highest BCUT2D eigenvalue weighted by Gasteiger charge is 2.45. The van der Waals surface area contributed by atoms with Gasteiger partial charge in [-0.15, -0.1) is 11.8 Å². The number of hydrogen-bond donors (Lipinski definition) is 0. The van der Waals surface area contributed by atoms with Crippen LogP contribution >= 0.6 is 11.8 Å². The Kier molecular flexibility index (Phi) is 5.95. The molecule has 1 saturated carbocycles. The first-order valence-corrected chi connectivity index (χ1v) is 11.2. The summed E-state index contributed by atoms with van der Waals surface area (Å²) in [4.78, 5) is 18.2. The minimum absolute atomic E-state index is 0.157. The third-order valence-corrected chi connectivity index (χ3v) is 7.15. The van der Waals surface area contributed by atoms with Gasteiger partial charge in [-0.3, -0.25) is 4.79 Å². The molecule has 29 heavy (non-hydrogen) atoms. The third-order valence-electron chi connectivity index (χ3n) is 5.91. The number of rotatable bonds is 6. The van der Waals surface area contributed by atoms with Crippen molar-refractivity contribution < 1.29 is 9.18 Å². The van der Waals surface area contributed by atoms with Crippen LogP contribution in [0, 0.1) is 18.7 Å². The molecule has 2 fully saturated rings. The summed E-state index contributed by atoms with van der Waals surface area (Å²) in [6.07, 6.45) is 0.976. The lowest BCUT2D eigenvalue weighted by Gasteiger charge is -2.37. The van der Waals surface area contributed by atoms with Gasteiger partial charge in [0.2, 0.25) is 5.91 Å². The molecule has 0 aromatic heterocycles. The number of hydrogen-bond acceptors (Lipinski definition) is 3. The first kappa shape index (κ1) is 20.0. The van der Waals surface area contributed by atoms with Crippen molar-refractivity contribution >= 4 is 17.7 Å². The Labute approximate surface area is 176 Å². The summed E-state index contributed by atoms with van der Waals surface area (Å²) in [6.45, 7) is 9.35. The van der Waals surface area contributed by atoms with Crippen LogP contribution in [0.25, 0.3) is 0 Å². The van der Waals surface area contributed by atoms with E-state index in [4.69, 9.17) is 0 Å². The maximum atomic E-state index is 13.3. The molecule has 0 unspecified atom stereocenters. The van der Waals surface area contributed by atoms with E-state index in [1.807, 2.05) is 36.1 Å². The average molecular weight is 411 g/mol. The van der Waals surface area contributed by atoms with Gasteiger partial charge < -0.3 is 9.80 Å². The second kappa shape index (κ2) is 8.62. The zero-order chi connectivity index (χ0) is 20.4. The SMILES string of the molecule is C=C(CSc1ccc(F)cc1C)N1CCN(C(=O)[C@@H]2C[C@H]2c2ccccc2)CC1. The van der Waals surface area contributed by atoms with Crippen molar-refractivity contribution in [1.82, 2.24) is 9.80 Å². The molecule has 0 bridgehead atoms. The van der Waals surface area contributed by atoms with Crippen LogP contribution in [0.4, 0.5) is 4.39 Å². The number of carbonyl (C=O) groups excluding carboxylic acids is 1. The molecular formula is C24H27FN2OS. The van der Waals surface area contributed by atoms with Gasteiger partial charge in [-0.05, 0) is 48.6 Å². The Hall–Kier alpha value is -2.27. The monoisotopic (exact) mass is 410 g/mol. The van der Waals surface area contributed by atoms with Crippen LogP contribution in [-0.4, -0.2) is 47.6 Å². The van der Waals surface area contributed by atoms with Crippen molar-refractivity contribution in [2.75, 3.05) is 31.9 Å². The zero-order valence-electron chi connectivity index (χ0n) is 16.8. The minimum Gasteiger partial charge on any atom is -0.371 e. The lowest BCUT2D eigenvalue weighted by molar-refractivity contribution is -0.134. The van der Waals surface area contributed by atoms with Gasteiger partial charge in [0.05, 0.1) is 0 Å². The Morgan fingerprint density at radius 3 is 2.48 bits per heavy atom. The quantitative estimate of drug-likeness (QED) is 0.646. The predicted octanol–water partition coefficient (Wildman–Crippen LogP) is 4.69. The average Bonchev–Trinajstić information content (AvgIpc) is 3.54. The number of carbonyl (C=O) groups is 1. The molecule has 1 aliphatic carbocycles. The van der Waals surface area contributed by atoms with Gasteiger partial charge in [-0.25, -0.2) is 4.39 Å². The Morgan fingerprint density at radius 1 is 1.10 bits per heavy atom. The molecular weight excluding hydrogens is 383 g/mol. The van der Waals surface area contributed by atoms with Crippen LogP contribution in [0.2, 0.25) is 0 Å². The number of nitrogens with zero attached hydrogens (tertiary/aromatic N) is 2. The third kappa shape index (κ3) is 4.67. The molecule has 0 radical (unpaired) electrons. The minimum atomic E-state index is -0.198. The van der Waals surface area contributed by atoms with Gasteiger partial charge in [-0.2, -0.15) is 0 Å². The zero-order valence-corrected chi connectivity index (χ0v) is 17.6. The molecule has 3 nitrogen and oxygen atoms in total. The van der Waals surface area contributed by atoms with Crippen molar-refractivity contribution in [3.05, 3.63) is 77.8 Å².